The standard InChI is InChI=1S/C15H19N5O2S/c1-9-4-10(5-9)20-13-6-19(3-2-11(13)17-18-20)15(22)12-8-23-14(7-21)16-12/h8-10,21H,2-7H2,1H3. The highest BCUT2D eigenvalue weighted by atomic mass is 32.1. The van der Waals surface area contributed by atoms with Crippen LogP contribution in [0.5, 0.6) is 0 Å². The largest absolute Gasteiger partial charge is 0.389 e. The topological polar surface area (TPSA) is 84.1 Å². The molecule has 1 fully saturated rings. The van der Waals surface area contributed by atoms with Gasteiger partial charge in [-0.3, -0.25) is 4.79 Å². The number of carbonyl (C=O) groups is 1. The highest BCUT2D eigenvalue weighted by Gasteiger charge is 2.33. The van der Waals surface area contributed by atoms with Gasteiger partial charge in [-0.1, -0.05) is 12.1 Å². The second-order valence-electron chi connectivity index (χ2n) is 6.42. The Bertz CT molecular complexity index is 734. The minimum Gasteiger partial charge on any atom is -0.389 e. The van der Waals surface area contributed by atoms with Gasteiger partial charge in [0.25, 0.3) is 5.91 Å². The fourth-order valence-corrected chi connectivity index (χ4v) is 4.00. The number of carbonyl (C=O) groups excluding carboxylic acids is 1. The Morgan fingerprint density at radius 3 is 3.00 bits per heavy atom. The first-order chi connectivity index (χ1) is 11.2. The van der Waals surface area contributed by atoms with Crippen molar-refractivity contribution in [3.63, 3.8) is 0 Å². The minimum absolute atomic E-state index is 0.0821. The molecule has 3 heterocycles. The number of aliphatic hydroxyl groups is 1. The van der Waals surface area contributed by atoms with E-state index in [0.29, 0.717) is 29.8 Å². The van der Waals surface area contributed by atoms with E-state index in [1.165, 1.54) is 11.3 Å². The third-order valence-electron chi connectivity index (χ3n) is 4.72. The summed E-state index contributed by atoms with van der Waals surface area (Å²) >= 11 is 1.31. The fraction of sp³-hybridized carbons (Fsp3) is 0.600. The van der Waals surface area contributed by atoms with Crippen molar-refractivity contribution in [2.24, 2.45) is 5.92 Å². The zero-order valence-electron chi connectivity index (χ0n) is 13.0. The van der Waals surface area contributed by atoms with Crippen LogP contribution >= 0.6 is 11.3 Å². The first kappa shape index (κ1) is 14.8. The Balaban J connectivity index is 1.53. The summed E-state index contributed by atoms with van der Waals surface area (Å²) in [6.45, 7) is 3.30. The van der Waals surface area contributed by atoms with Crippen molar-refractivity contribution in [3.05, 3.63) is 27.5 Å². The van der Waals surface area contributed by atoms with Crippen molar-refractivity contribution in [1.82, 2.24) is 24.9 Å². The summed E-state index contributed by atoms with van der Waals surface area (Å²) in [5.74, 6) is 0.661. The number of hydrogen-bond donors (Lipinski definition) is 1. The number of aromatic nitrogens is 4. The van der Waals surface area contributed by atoms with Gasteiger partial charge >= 0.3 is 0 Å². The number of fused-ring (bicyclic) bond motifs is 1. The molecular formula is C15H19N5O2S. The monoisotopic (exact) mass is 333 g/mol. The van der Waals surface area contributed by atoms with E-state index in [1.54, 1.807) is 10.3 Å². The van der Waals surface area contributed by atoms with Crippen molar-refractivity contribution in [2.45, 2.75) is 45.4 Å². The van der Waals surface area contributed by atoms with Gasteiger partial charge in [0.2, 0.25) is 0 Å². The molecule has 4 rings (SSSR count). The summed E-state index contributed by atoms with van der Waals surface area (Å²) in [7, 11) is 0. The van der Waals surface area contributed by atoms with Crippen LogP contribution in [0.3, 0.4) is 0 Å². The average molecular weight is 333 g/mol. The van der Waals surface area contributed by atoms with E-state index in [9.17, 15) is 4.79 Å². The lowest BCUT2D eigenvalue weighted by Crippen LogP contribution is -2.38. The van der Waals surface area contributed by atoms with Crippen molar-refractivity contribution in [1.29, 1.82) is 0 Å². The Morgan fingerprint density at radius 1 is 1.48 bits per heavy atom. The Kier molecular flexibility index (Phi) is 3.65. The Labute approximate surface area is 137 Å². The van der Waals surface area contributed by atoms with Crippen molar-refractivity contribution in [3.8, 4) is 0 Å². The maximum Gasteiger partial charge on any atom is 0.273 e. The zero-order chi connectivity index (χ0) is 16.0. The summed E-state index contributed by atoms with van der Waals surface area (Å²) in [4.78, 5) is 18.6. The molecule has 0 bridgehead atoms. The zero-order valence-corrected chi connectivity index (χ0v) is 13.8. The lowest BCUT2D eigenvalue weighted by molar-refractivity contribution is 0.0717. The smallest absolute Gasteiger partial charge is 0.273 e. The van der Waals surface area contributed by atoms with Gasteiger partial charge in [0.1, 0.15) is 10.7 Å². The first-order valence-electron chi connectivity index (χ1n) is 7.93. The number of thiazole rings is 1. The summed E-state index contributed by atoms with van der Waals surface area (Å²) in [5.41, 5.74) is 2.50. The molecule has 122 valence electrons. The molecule has 0 atom stereocenters. The SMILES string of the molecule is CC1CC(n2nnc3c2CN(C(=O)c2csc(CO)n2)CC3)C1. The highest BCUT2D eigenvalue weighted by Crippen LogP contribution is 2.38. The molecule has 2 aromatic heterocycles. The molecule has 1 aliphatic carbocycles. The van der Waals surface area contributed by atoms with Gasteiger partial charge in [-0.25, -0.2) is 9.67 Å². The van der Waals surface area contributed by atoms with Crippen LogP contribution in [0.25, 0.3) is 0 Å². The molecule has 0 radical (unpaired) electrons. The van der Waals surface area contributed by atoms with E-state index >= 15 is 0 Å². The van der Waals surface area contributed by atoms with E-state index in [0.717, 1.165) is 36.6 Å². The Morgan fingerprint density at radius 2 is 2.30 bits per heavy atom. The van der Waals surface area contributed by atoms with Crippen LogP contribution in [0, 0.1) is 5.92 Å². The van der Waals surface area contributed by atoms with E-state index in [4.69, 9.17) is 5.11 Å². The fourth-order valence-electron chi connectivity index (χ4n) is 3.37. The first-order valence-corrected chi connectivity index (χ1v) is 8.81. The maximum atomic E-state index is 12.6. The third kappa shape index (κ3) is 2.55. The molecule has 0 spiro atoms. The normalized spacial score (nSPS) is 23.5. The minimum atomic E-state index is -0.126. The van der Waals surface area contributed by atoms with E-state index < -0.39 is 0 Å². The van der Waals surface area contributed by atoms with Crippen LogP contribution in [-0.4, -0.2) is 42.4 Å². The molecule has 1 amide bonds. The molecule has 7 nitrogen and oxygen atoms in total. The van der Waals surface area contributed by atoms with E-state index in [-0.39, 0.29) is 12.5 Å². The number of hydrogen-bond acceptors (Lipinski definition) is 6. The second-order valence-corrected chi connectivity index (χ2v) is 7.36. The van der Waals surface area contributed by atoms with Crippen molar-refractivity contribution >= 4 is 17.2 Å². The molecule has 8 heteroatoms. The van der Waals surface area contributed by atoms with Crippen LogP contribution in [-0.2, 0) is 19.6 Å². The van der Waals surface area contributed by atoms with Crippen LogP contribution < -0.4 is 0 Å². The number of rotatable bonds is 3. The molecule has 0 saturated heterocycles. The van der Waals surface area contributed by atoms with Gasteiger partial charge in [-0.05, 0) is 18.8 Å². The molecule has 1 aliphatic heterocycles. The summed E-state index contributed by atoms with van der Waals surface area (Å²) in [5, 5.41) is 20.0. The predicted octanol–water partition coefficient (Wildman–Crippen LogP) is 1.40. The third-order valence-corrected chi connectivity index (χ3v) is 5.55. The van der Waals surface area contributed by atoms with E-state index in [2.05, 4.69) is 22.2 Å². The van der Waals surface area contributed by atoms with Gasteiger partial charge < -0.3 is 10.0 Å². The molecular weight excluding hydrogens is 314 g/mol. The number of nitrogens with zero attached hydrogens (tertiary/aromatic N) is 5. The molecule has 2 aromatic rings. The van der Waals surface area contributed by atoms with Crippen LogP contribution in [0.15, 0.2) is 5.38 Å². The van der Waals surface area contributed by atoms with Gasteiger partial charge in [0.15, 0.2) is 0 Å². The number of aliphatic hydroxyl groups excluding tert-OH is 1. The second kappa shape index (κ2) is 5.68. The molecule has 0 unspecified atom stereocenters. The van der Waals surface area contributed by atoms with Crippen LogP contribution in [0.1, 0.15) is 52.7 Å². The van der Waals surface area contributed by atoms with Crippen LogP contribution in [0.2, 0.25) is 0 Å². The lowest BCUT2D eigenvalue weighted by Gasteiger charge is -2.35. The summed E-state index contributed by atoms with van der Waals surface area (Å²) in [6, 6.07) is 0.427. The highest BCUT2D eigenvalue weighted by molar-refractivity contribution is 7.09. The van der Waals surface area contributed by atoms with Crippen molar-refractivity contribution in [2.75, 3.05) is 6.54 Å². The van der Waals surface area contributed by atoms with E-state index in [1.807, 2.05) is 4.68 Å². The Hall–Kier alpha value is -1.80. The van der Waals surface area contributed by atoms with Crippen LogP contribution in [0.4, 0.5) is 0 Å². The molecule has 2 aliphatic rings. The summed E-state index contributed by atoms with van der Waals surface area (Å²) in [6.07, 6.45) is 3.01. The quantitative estimate of drug-likeness (QED) is 0.918. The number of amides is 1. The average Bonchev–Trinajstić information content (AvgIpc) is 3.17. The van der Waals surface area contributed by atoms with Gasteiger partial charge in [-0.2, -0.15) is 0 Å². The van der Waals surface area contributed by atoms with Crippen molar-refractivity contribution < 1.29 is 9.90 Å². The van der Waals surface area contributed by atoms with Gasteiger partial charge in [-0.15, -0.1) is 16.4 Å². The maximum absolute atomic E-state index is 12.6. The molecule has 1 saturated carbocycles. The molecule has 1 N–H and O–H groups in total. The predicted molar refractivity (Wildman–Crippen MR) is 83.9 cm³/mol. The van der Waals surface area contributed by atoms with Gasteiger partial charge in [0, 0.05) is 18.3 Å². The molecule has 0 aromatic carbocycles. The lowest BCUT2D eigenvalue weighted by atomic mass is 9.82. The molecule has 23 heavy (non-hydrogen) atoms. The van der Waals surface area contributed by atoms with Gasteiger partial charge in [0.05, 0.1) is 30.6 Å². The summed E-state index contributed by atoms with van der Waals surface area (Å²) < 4.78 is 2.02.